The third-order valence-electron chi connectivity index (χ3n) is 6.37. The van der Waals surface area contributed by atoms with Crippen LogP contribution in [0.15, 0.2) is 55.0 Å². The zero-order chi connectivity index (χ0) is 24.5. The summed E-state index contributed by atoms with van der Waals surface area (Å²) in [5, 5.41) is 8.60. The minimum absolute atomic E-state index is 0.188. The second kappa shape index (κ2) is 9.44. The van der Waals surface area contributed by atoms with Crippen LogP contribution in [-0.4, -0.2) is 45.9 Å². The molecule has 1 aliphatic heterocycles. The van der Waals surface area contributed by atoms with Crippen LogP contribution in [0.1, 0.15) is 30.5 Å². The molecular formula is C25H26F3N7. The SMILES string of the molecule is C[C@@H](Nc1ccnc2cnc(N3CCN(c4ccn(C)n4)CC3)cc12)c1cccc(C(F)F)c1F. The lowest BCUT2D eigenvalue weighted by Crippen LogP contribution is -2.47. The highest BCUT2D eigenvalue weighted by Crippen LogP contribution is 2.32. The van der Waals surface area contributed by atoms with Gasteiger partial charge in [-0.05, 0) is 19.1 Å². The van der Waals surface area contributed by atoms with Gasteiger partial charge in [0, 0.05) is 68.3 Å². The molecule has 7 nitrogen and oxygen atoms in total. The number of rotatable bonds is 6. The van der Waals surface area contributed by atoms with E-state index in [4.69, 9.17) is 0 Å². The molecule has 1 atom stereocenters. The van der Waals surface area contributed by atoms with Crippen molar-refractivity contribution in [1.82, 2.24) is 19.7 Å². The highest BCUT2D eigenvalue weighted by Gasteiger charge is 2.22. The van der Waals surface area contributed by atoms with Crippen LogP contribution in [0.5, 0.6) is 0 Å². The molecule has 182 valence electrons. The van der Waals surface area contributed by atoms with Gasteiger partial charge in [-0.15, -0.1) is 0 Å². The van der Waals surface area contributed by atoms with Crippen molar-refractivity contribution in [3.63, 3.8) is 0 Å². The molecule has 4 heterocycles. The molecule has 4 aromatic rings. The van der Waals surface area contributed by atoms with E-state index < -0.39 is 23.8 Å². The molecular weight excluding hydrogens is 455 g/mol. The number of halogens is 3. The number of hydrogen-bond donors (Lipinski definition) is 1. The van der Waals surface area contributed by atoms with E-state index in [0.29, 0.717) is 5.52 Å². The van der Waals surface area contributed by atoms with Crippen molar-refractivity contribution in [2.24, 2.45) is 7.05 Å². The Hall–Kier alpha value is -3.82. The fourth-order valence-electron chi connectivity index (χ4n) is 4.45. The molecule has 0 aliphatic carbocycles. The summed E-state index contributed by atoms with van der Waals surface area (Å²) in [6.07, 6.45) is 2.45. The molecule has 1 aliphatic rings. The van der Waals surface area contributed by atoms with Crippen molar-refractivity contribution in [3.8, 4) is 0 Å². The number of aromatic nitrogens is 4. The van der Waals surface area contributed by atoms with E-state index in [9.17, 15) is 13.2 Å². The molecule has 1 saturated heterocycles. The van der Waals surface area contributed by atoms with Crippen LogP contribution in [-0.2, 0) is 7.05 Å². The van der Waals surface area contributed by atoms with Crippen LogP contribution in [0, 0.1) is 5.82 Å². The van der Waals surface area contributed by atoms with Crippen molar-refractivity contribution < 1.29 is 13.2 Å². The number of hydrogen-bond acceptors (Lipinski definition) is 6. The first-order valence-corrected chi connectivity index (χ1v) is 11.5. The zero-order valence-electron chi connectivity index (χ0n) is 19.5. The number of pyridine rings is 2. The van der Waals surface area contributed by atoms with Crippen molar-refractivity contribution in [2.75, 3.05) is 41.3 Å². The van der Waals surface area contributed by atoms with Gasteiger partial charge in [0.15, 0.2) is 5.82 Å². The van der Waals surface area contributed by atoms with E-state index in [1.807, 2.05) is 25.4 Å². The molecule has 0 unspecified atom stereocenters. The van der Waals surface area contributed by atoms with Crippen molar-refractivity contribution in [1.29, 1.82) is 0 Å². The molecule has 0 bridgehead atoms. The first-order valence-electron chi connectivity index (χ1n) is 11.5. The van der Waals surface area contributed by atoms with Crippen LogP contribution >= 0.6 is 0 Å². The predicted octanol–water partition coefficient (Wildman–Crippen LogP) is 4.94. The van der Waals surface area contributed by atoms with Crippen LogP contribution in [0.4, 0.5) is 30.5 Å². The summed E-state index contributed by atoms with van der Waals surface area (Å²) >= 11 is 0. The third kappa shape index (κ3) is 4.60. The number of fused-ring (bicyclic) bond motifs is 1. The van der Waals surface area contributed by atoms with Crippen molar-refractivity contribution >= 4 is 28.2 Å². The second-order valence-corrected chi connectivity index (χ2v) is 8.66. The Kier molecular flexibility index (Phi) is 6.19. The quantitative estimate of drug-likeness (QED) is 0.421. The van der Waals surface area contributed by atoms with Crippen LogP contribution in [0.3, 0.4) is 0 Å². The Morgan fingerprint density at radius 3 is 2.34 bits per heavy atom. The summed E-state index contributed by atoms with van der Waals surface area (Å²) in [5.41, 5.74) is 1.03. The maximum atomic E-state index is 14.7. The van der Waals surface area contributed by atoms with Gasteiger partial charge in [0.1, 0.15) is 11.6 Å². The summed E-state index contributed by atoms with van der Waals surface area (Å²) in [6, 6.07) is 9.35. The zero-order valence-corrected chi connectivity index (χ0v) is 19.5. The fourth-order valence-corrected chi connectivity index (χ4v) is 4.45. The standard InChI is InChI=1S/C25H26F3N7/c1-16(17-4-3-5-18(24(17)26)25(27)28)31-20-6-8-29-21-15-30-23(14-19(20)21)35-12-10-34(11-13-35)22-7-9-33(2)32-22/h3-9,14-16,25H,10-13H2,1-2H3,(H,29,31)/t16-/m1/s1. The predicted molar refractivity (Wildman–Crippen MR) is 131 cm³/mol. The Morgan fingerprint density at radius 1 is 0.943 bits per heavy atom. The molecule has 0 spiro atoms. The lowest BCUT2D eigenvalue weighted by atomic mass is 10.0. The van der Waals surface area contributed by atoms with E-state index in [1.54, 1.807) is 30.1 Å². The van der Waals surface area contributed by atoms with Crippen LogP contribution in [0.25, 0.3) is 10.9 Å². The summed E-state index contributed by atoms with van der Waals surface area (Å²) < 4.78 is 42.8. The monoisotopic (exact) mass is 481 g/mol. The normalized spacial score (nSPS) is 15.1. The van der Waals surface area contributed by atoms with E-state index in [1.165, 1.54) is 12.1 Å². The van der Waals surface area contributed by atoms with Crippen molar-refractivity contribution in [2.45, 2.75) is 19.4 Å². The van der Waals surface area contributed by atoms with Crippen LogP contribution < -0.4 is 15.1 Å². The number of aryl methyl sites for hydroxylation is 1. The van der Waals surface area contributed by atoms with Gasteiger partial charge in [0.25, 0.3) is 6.43 Å². The average molecular weight is 482 g/mol. The van der Waals surface area contributed by atoms with Gasteiger partial charge in [-0.2, -0.15) is 5.10 Å². The third-order valence-corrected chi connectivity index (χ3v) is 6.37. The van der Waals surface area contributed by atoms with E-state index in [0.717, 1.165) is 55.0 Å². The van der Waals surface area contributed by atoms with Gasteiger partial charge in [-0.3, -0.25) is 9.67 Å². The minimum atomic E-state index is -2.87. The molecule has 35 heavy (non-hydrogen) atoms. The number of nitrogens with zero attached hydrogens (tertiary/aromatic N) is 6. The second-order valence-electron chi connectivity index (χ2n) is 8.66. The summed E-state index contributed by atoms with van der Waals surface area (Å²) in [6.45, 7) is 4.98. The molecule has 5 rings (SSSR count). The Balaban J connectivity index is 1.37. The molecule has 0 saturated carbocycles. The maximum Gasteiger partial charge on any atom is 0.266 e. The van der Waals surface area contributed by atoms with Crippen LogP contribution in [0.2, 0.25) is 0 Å². The molecule has 10 heteroatoms. The van der Waals surface area contributed by atoms with Gasteiger partial charge >= 0.3 is 0 Å². The smallest absolute Gasteiger partial charge is 0.266 e. The molecule has 0 radical (unpaired) electrons. The highest BCUT2D eigenvalue weighted by atomic mass is 19.3. The molecule has 3 aromatic heterocycles. The molecule has 1 N–H and O–H groups in total. The fraction of sp³-hybridized carbons (Fsp3) is 0.320. The summed E-state index contributed by atoms with van der Waals surface area (Å²) in [4.78, 5) is 13.5. The first kappa shape index (κ1) is 22.9. The number of nitrogens with one attached hydrogen (secondary N) is 1. The Bertz CT molecular complexity index is 1330. The number of piperazine rings is 1. The van der Waals surface area contributed by atoms with E-state index in [2.05, 4.69) is 30.2 Å². The Morgan fingerprint density at radius 2 is 1.66 bits per heavy atom. The van der Waals surface area contributed by atoms with E-state index in [-0.39, 0.29) is 5.56 Å². The maximum absolute atomic E-state index is 14.7. The van der Waals surface area contributed by atoms with Gasteiger partial charge in [-0.1, -0.05) is 18.2 Å². The van der Waals surface area contributed by atoms with Gasteiger partial charge in [0.2, 0.25) is 0 Å². The van der Waals surface area contributed by atoms with E-state index >= 15 is 0 Å². The summed E-state index contributed by atoms with van der Waals surface area (Å²) in [5.74, 6) is 0.910. The number of benzene rings is 1. The largest absolute Gasteiger partial charge is 0.378 e. The number of alkyl halides is 2. The van der Waals surface area contributed by atoms with Gasteiger partial charge in [-0.25, -0.2) is 18.2 Å². The van der Waals surface area contributed by atoms with Gasteiger partial charge in [0.05, 0.1) is 23.3 Å². The average Bonchev–Trinajstić information content (AvgIpc) is 3.30. The van der Waals surface area contributed by atoms with Gasteiger partial charge < -0.3 is 15.1 Å². The number of anilines is 3. The lowest BCUT2D eigenvalue weighted by molar-refractivity contribution is 0.146. The first-order chi connectivity index (χ1) is 16.9. The molecule has 1 fully saturated rings. The molecule has 1 aromatic carbocycles. The molecule has 0 amide bonds. The Labute approximate surface area is 201 Å². The topological polar surface area (TPSA) is 62.1 Å². The highest BCUT2D eigenvalue weighted by molar-refractivity contribution is 5.92. The minimum Gasteiger partial charge on any atom is -0.378 e. The lowest BCUT2D eigenvalue weighted by Gasteiger charge is -2.35. The van der Waals surface area contributed by atoms with Crippen molar-refractivity contribution in [3.05, 3.63) is 71.9 Å². The summed E-state index contributed by atoms with van der Waals surface area (Å²) in [7, 11) is 1.91.